The van der Waals surface area contributed by atoms with Crippen molar-refractivity contribution in [3.8, 4) is 0 Å². The van der Waals surface area contributed by atoms with E-state index in [1.165, 1.54) is 6.42 Å². The quantitative estimate of drug-likeness (QED) is 0.523. The summed E-state index contributed by atoms with van der Waals surface area (Å²) < 4.78 is 40.1. The molecule has 1 saturated heterocycles. The largest absolute Gasteiger partial charge is 0.421 e. The van der Waals surface area contributed by atoms with E-state index in [1.807, 2.05) is 12.1 Å². The van der Waals surface area contributed by atoms with E-state index in [0.717, 1.165) is 37.8 Å². The van der Waals surface area contributed by atoms with E-state index in [-0.39, 0.29) is 39.8 Å². The summed E-state index contributed by atoms with van der Waals surface area (Å²) in [6, 6.07) is 5.99. The van der Waals surface area contributed by atoms with Gasteiger partial charge in [-0.1, -0.05) is 29.3 Å². The molecule has 1 atom stereocenters. The lowest BCUT2D eigenvalue weighted by Gasteiger charge is -2.28. The Balaban J connectivity index is 1.45. The molecule has 0 spiro atoms. The summed E-state index contributed by atoms with van der Waals surface area (Å²) in [5.41, 5.74) is -2.62. The number of rotatable bonds is 4. The molecule has 2 amide bonds. The molecule has 1 aliphatic heterocycles. The van der Waals surface area contributed by atoms with Crippen LogP contribution in [0.4, 0.5) is 29.5 Å². The Morgan fingerprint density at radius 2 is 1.94 bits per heavy atom. The second kappa shape index (κ2) is 9.19. The lowest BCUT2D eigenvalue weighted by atomic mass is 9.95. The van der Waals surface area contributed by atoms with Crippen molar-refractivity contribution in [2.75, 3.05) is 23.3 Å². The molecule has 2 aliphatic rings. The van der Waals surface area contributed by atoms with Crippen LogP contribution in [0.1, 0.15) is 42.5 Å². The van der Waals surface area contributed by atoms with E-state index in [4.69, 9.17) is 23.2 Å². The van der Waals surface area contributed by atoms with Crippen LogP contribution in [0.15, 0.2) is 24.3 Å². The van der Waals surface area contributed by atoms with Gasteiger partial charge in [0.2, 0.25) is 0 Å². The number of alkyl halides is 3. The molecule has 1 aromatic carbocycles. The van der Waals surface area contributed by atoms with Gasteiger partial charge in [-0.25, -0.2) is 9.78 Å². The molecule has 1 aromatic heterocycles. The SMILES string of the molecule is O=C(NCc1cccc(N2CCCCC2)n1)Nc1c(Cl)cc2c(c1Cl)CCC2(O)C(F)(F)F. The maximum atomic E-state index is 13.4. The fourth-order valence-electron chi connectivity index (χ4n) is 4.32. The predicted molar refractivity (Wildman–Crippen MR) is 121 cm³/mol. The van der Waals surface area contributed by atoms with E-state index in [9.17, 15) is 23.1 Å². The standard InChI is InChI=1S/C22H23Cl2F3N4O2/c23-16-11-15-14(7-8-21(15,33)22(25,26)27)18(24)19(16)30-20(32)28-12-13-5-4-6-17(29-13)31-9-2-1-3-10-31/h4-6,11,33H,1-3,7-10,12H2,(H2,28,30,32). The van der Waals surface area contributed by atoms with E-state index in [0.29, 0.717) is 5.69 Å². The topological polar surface area (TPSA) is 77.5 Å². The first-order valence-electron chi connectivity index (χ1n) is 10.7. The summed E-state index contributed by atoms with van der Waals surface area (Å²) in [7, 11) is 0. The number of nitrogens with one attached hydrogen (secondary N) is 2. The number of nitrogens with zero attached hydrogens (tertiary/aromatic N) is 2. The zero-order chi connectivity index (χ0) is 23.8. The average Bonchev–Trinajstić information content (AvgIpc) is 3.14. The van der Waals surface area contributed by atoms with Crippen LogP contribution in [0.2, 0.25) is 10.0 Å². The van der Waals surface area contributed by atoms with Gasteiger partial charge in [-0.2, -0.15) is 13.2 Å². The van der Waals surface area contributed by atoms with Gasteiger partial charge in [0.1, 0.15) is 5.82 Å². The van der Waals surface area contributed by atoms with Gasteiger partial charge >= 0.3 is 12.2 Å². The number of amides is 2. The molecule has 178 valence electrons. The fraction of sp³-hybridized carbons (Fsp3) is 0.455. The van der Waals surface area contributed by atoms with Crippen molar-refractivity contribution in [2.45, 2.75) is 50.4 Å². The third-order valence-electron chi connectivity index (χ3n) is 6.11. The van der Waals surface area contributed by atoms with Gasteiger partial charge in [0.05, 0.1) is 28.0 Å². The van der Waals surface area contributed by atoms with Crippen LogP contribution in [0.3, 0.4) is 0 Å². The molecular formula is C22H23Cl2F3N4O2. The Morgan fingerprint density at radius 3 is 2.64 bits per heavy atom. The summed E-state index contributed by atoms with van der Waals surface area (Å²) in [6.07, 6.45) is -2.07. The summed E-state index contributed by atoms with van der Waals surface area (Å²) in [5.74, 6) is 0.858. The monoisotopic (exact) mass is 502 g/mol. The van der Waals surface area contributed by atoms with Crippen LogP contribution in [-0.4, -0.2) is 35.4 Å². The van der Waals surface area contributed by atoms with Gasteiger partial charge in [0.15, 0.2) is 5.60 Å². The van der Waals surface area contributed by atoms with E-state index >= 15 is 0 Å². The number of aliphatic hydroxyl groups is 1. The second-order valence-electron chi connectivity index (χ2n) is 8.27. The molecule has 0 saturated carbocycles. The van der Waals surface area contributed by atoms with Crippen LogP contribution in [0, 0.1) is 0 Å². The minimum absolute atomic E-state index is 0.00367. The molecule has 1 fully saturated rings. The van der Waals surface area contributed by atoms with Gasteiger partial charge in [0.25, 0.3) is 0 Å². The summed E-state index contributed by atoms with van der Waals surface area (Å²) in [5, 5.41) is 15.0. The number of hydrogen-bond donors (Lipinski definition) is 3. The Morgan fingerprint density at radius 1 is 1.21 bits per heavy atom. The molecule has 1 aliphatic carbocycles. The van der Waals surface area contributed by atoms with Crippen molar-refractivity contribution in [2.24, 2.45) is 0 Å². The fourth-order valence-corrected chi connectivity index (χ4v) is 4.96. The van der Waals surface area contributed by atoms with E-state index in [1.54, 1.807) is 6.07 Å². The molecule has 3 N–H and O–H groups in total. The molecule has 2 aromatic rings. The van der Waals surface area contributed by atoms with Crippen LogP contribution >= 0.6 is 23.2 Å². The van der Waals surface area contributed by atoms with Crippen LogP contribution in [0.25, 0.3) is 0 Å². The molecule has 1 unspecified atom stereocenters. The molecule has 33 heavy (non-hydrogen) atoms. The van der Waals surface area contributed by atoms with Crippen LogP contribution < -0.4 is 15.5 Å². The van der Waals surface area contributed by atoms with E-state index < -0.39 is 24.2 Å². The van der Waals surface area contributed by atoms with Gasteiger partial charge in [-0.3, -0.25) is 0 Å². The number of anilines is 2. The Labute approximate surface area is 199 Å². The number of urea groups is 1. The highest BCUT2D eigenvalue weighted by Crippen LogP contribution is 2.52. The van der Waals surface area contributed by atoms with Gasteiger partial charge in [0, 0.05) is 13.1 Å². The Kier molecular flexibility index (Phi) is 6.66. The zero-order valence-electron chi connectivity index (χ0n) is 17.6. The minimum Gasteiger partial charge on any atom is -0.376 e. The number of carbonyl (C=O) groups excluding carboxylic acids is 1. The van der Waals surface area contributed by atoms with Crippen molar-refractivity contribution in [3.63, 3.8) is 0 Å². The number of benzene rings is 1. The Hall–Kier alpha value is -2.23. The van der Waals surface area contributed by atoms with Crippen LogP contribution in [0.5, 0.6) is 0 Å². The average molecular weight is 503 g/mol. The van der Waals surface area contributed by atoms with Crippen molar-refractivity contribution in [1.82, 2.24) is 10.3 Å². The van der Waals surface area contributed by atoms with Crippen molar-refractivity contribution >= 4 is 40.7 Å². The molecule has 0 radical (unpaired) electrons. The molecule has 4 rings (SSSR count). The number of piperidine rings is 1. The van der Waals surface area contributed by atoms with Crippen molar-refractivity contribution in [3.05, 3.63) is 51.1 Å². The lowest BCUT2D eigenvalue weighted by molar-refractivity contribution is -0.265. The minimum atomic E-state index is -4.87. The highest BCUT2D eigenvalue weighted by molar-refractivity contribution is 6.40. The number of pyridine rings is 1. The van der Waals surface area contributed by atoms with Gasteiger partial charge in [-0.15, -0.1) is 0 Å². The highest BCUT2D eigenvalue weighted by Gasteiger charge is 2.58. The number of fused-ring (bicyclic) bond motifs is 1. The zero-order valence-corrected chi connectivity index (χ0v) is 19.1. The van der Waals surface area contributed by atoms with Gasteiger partial charge < -0.3 is 20.6 Å². The van der Waals surface area contributed by atoms with Crippen molar-refractivity contribution in [1.29, 1.82) is 0 Å². The molecule has 2 heterocycles. The van der Waals surface area contributed by atoms with E-state index in [2.05, 4.69) is 20.5 Å². The first kappa shape index (κ1) is 23.9. The lowest BCUT2D eigenvalue weighted by Crippen LogP contribution is -2.40. The number of halogens is 5. The summed E-state index contributed by atoms with van der Waals surface area (Å²) in [6.45, 7) is 2.04. The first-order valence-corrected chi connectivity index (χ1v) is 11.4. The molecule has 6 nitrogen and oxygen atoms in total. The first-order chi connectivity index (χ1) is 15.6. The summed E-state index contributed by atoms with van der Waals surface area (Å²) in [4.78, 5) is 19.3. The maximum absolute atomic E-state index is 13.4. The maximum Gasteiger partial charge on any atom is 0.421 e. The summed E-state index contributed by atoms with van der Waals surface area (Å²) >= 11 is 12.4. The molecular weight excluding hydrogens is 480 g/mol. The molecule has 11 heteroatoms. The predicted octanol–water partition coefficient (Wildman–Crippen LogP) is 5.40. The number of carbonyl (C=O) groups is 1. The smallest absolute Gasteiger partial charge is 0.376 e. The Bertz CT molecular complexity index is 1060. The second-order valence-corrected chi connectivity index (χ2v) is 9.06. The van der Waals surface area contributed by atoms with Crippen molar-refractivity contribution < 1.29 is 23.1 Å². The van der Waals surface area contributed by atoms with Gasteiger partial charge in [-0.05, 0) is 61.4 Å². The third kappa shape index (κ3) is 4.72. The number of hydrogen-bond acceptors (Lipinski definition) is 4. The molecule has 0 bridgehead atoms. The normalized spacial score (nSPS) is 20.5. The number of aromatic nitrogens is 1. The highest BCUT2D eigenvalue weighted by atomic mass is 35.5. The van der Waals surface area contributed by atoms with Crippen LogP contribution in [-0.2, 0) is 18.6 Å². The third-order valence-corrected chi connectivity index (χ3v) is 6.83.